The maximum Gasteiger partial charge on any atom is 0.416 e. The van der Waals surface area contributed by atoms with Crippen LogP contribution in [0, 0.1) is 11.6 Å². The fourth-order valence-electron chi connectivity index (χ4n) is 4.79. The highest BCUT2D eigenvalue weighted by atomic mass is 19.4. The fraction of sp³-hybridized carbons (Fsp3) is 0.400. The molecule has 9 nitrogen and oxygen atoms in total. The zero-order valence-electron chi connectivity index (χ0n) is 20.5. The van der Waals surface area contributed by atoms with Crippen LogP contribution in [-0.4, -0.2) is 62.1 Å². The second-order valence-electron chi connectivity index (χ2n) is 9.12. The summed E-state index contributed by atoms with van der Waals surface area (Å²) in [7, 11) is 1.50. The Morgan fingerprint density at radius 1 is 1.18 bits per heavy atom. The number of halogens is 5. The number of hydrogen-bond donors (Lipinski definition) is 2. The van der Waals surface area contributed by atoms with Crippen molar-refractivity contribution in [3.05, 3.63) is 52.6 Å². The van der Waals surface area contributed by atoms with Crippen LogP contribution in [0.15, 0.2) is 29.3 Å². The smallest absolute Gasteiger partial charge is 0.416 e. The van der Waals surface area contributed by atoms with Crippen LogP contribution in [0.4, 0.5) is 39.0 Å². The standard InChI is InChI=1S/C25H25F5N4O5/c1-39-7-4-12-11-34(6-5-31-12)23-22-17(32-18-9-15(26)16(27)10-19(18)33-23)3-2-14(25(28,29)30)21(22)13(24(37)38)8-20(35)36/h2-3,9-10,12-13,31-32H,4-8,11H2,1H3,(H,35,36)(H,37,38)/p-2/t12?,13-/m0/s1. The molecule has 210 valence electrons. The van der Waals surface area contributed by atoms with E-state index in [9.17, 15) is 41.8 Å². The summed E-state index contributed by atoms with van der Waals surface area (Å²) < 4.78 is 76.2. The van der Waals surface area contributed by atoms with Crippen molar-refractivity contribution in [1.82, 2.24) is 10.2 Å². The Morgan fingerprint density at radius 2 is 1.90 bits per heavy atom. The van der Waals surface area contributed by atoms with Crippen molar-refractivity contribution in [1.29, 1.82) is 0 Å². The van der Waals surface area contributed by atoms with Crippen LogP contribution in [0.2, 0.25) is 0 Å². The molecule has 0 aliphatic carbocycles. The van der Waals surface area contributed by atoms with Gasteiger partial charge in [0.05, 0.1) is 16.9 Å². The van der Waals surface area contributed by atoms with Crippen molar-refractivity contribution in [2.45, 2.75) is 31.0 Å². The summed E-state index contributed by atoms with van der Waals surface area (Å²) in [6, 6.07) is 2.92. The number of anilines is 2. The van der Waals surface area contributed by atoms with Crippen molar-refractivity contribution < 1.29 is 46.5 Å². The molecular weight excluding hydrogens is 531 g/mol. The molecule has 2 aromatic carbocycles. The molecule has 0 spiro atoms. The number of methoxy groups -OCH3 is 1. The van der Waals surface area contributed by atoms with E-state index in [2.05, 4.69) is 15.6 Å². The van der Waals surface area contributed by atoms with Gasteiger partial charge in [-0.15, -0.1) is 0 Å². The number of ether oxygens (including phenoxy) is 1. The number of carboxylic acids is 2. The Bertz CT molecular complexity index is 1320. The quantitative estimate of drug-likeness (QED) is 0.492. The van der Waals surface area contributed by atoms with Gasteiger partial charge in [0, 0.05) is 80.6 Å². The summed E-state index contributed by atoms with van der Waals surface area (Å²) >= 11 is 0. The van der Waals surface area contributed by atoms with E-state index >= 15 is 0 Å². The monoisotopic (exact) mass is 554 g/mol. The lowest BCUT2D eigenvalue weighted by Crippen LogP contribution is -2.53. The fourth-order valence-corrected chi connectivity index (χ4v) is 4.79. The predicted octanol–water partition coefficient (Wildman–Crippen LogP) is 1.40. The van der Waals surface area contributed by atoms with Gasteiger partial charge in [-0.3, -0.25) is 0 Å². The number of carbonyl (C=O) groups is 2. The molecule has 0 bridgehead atoms. The number of benzene rings is 2. The molecule has 14 heteroatoms. The molecule has 0 saturated carbocycles. The van der Waals surface area contributed by atoms with Crippen LogP contribution in [0.1, 0.15) is 35.4 Å². The molecular formula is C25H23F5N4O5-2. The van der Waals surface area contributed by atoms with E-state index in [-0.39, 0.29) is 47.6 Å². The van der Waals surface area contributed by atoms with E-state index in [1.54, 1.807) is 4.90 Å². The maximum atomic E-state index is 14.2. The molecule has 0 radical (unpaired) electrons. The summed E-state index contributed by atoms with van der Waals surface area (Å²) in [5.41, 5.74) is -3.05. The zero-order valence-corrected chi connectivity index (χ0v) is 20.5. The number of alkyl halides is 3. The van der Waals surface area contributed by atoms with Gasteiger partial charge in [0.1, 0.15) is 5.84 Å². The first-order valence-electron chi connectivity index (χ1n) is 11.9. The van der Waals surface area contributed by atoms with Crippen molar-refractivity contribution >= 4 is 34.8 Å². The first kappa shape index (κ1) is 28.2. The van der Waals surface area contributed by atoms with E-state index in [0.717, 1.165) is 18.2 Å². The van der Waals surface area contributed by atoms with Crippen LogP contribution < -0.4 is 20.8 Å². The number of rotatable bonds is 7. The highest BCUT2D eigenvalue weighted by molar-refractivity contribution is 6.10. The van der Waals surface area contributed by atoms with Crippen LogP contribution in [-0.2, 0) is 20.5 Å². The van der Waals surface area contributed by atoms with E-state index < -0.39 is 53.2 Å². The second-order valence-corrected chi connectivity index (χ2v) is 9.12. The molecule has 2 heterocycles. The normalized spacial score (nSPS) is 17.8. The van der Waals surface area contributed by atoms with Gasteiger partial charge in [-0.1, -0.05) is 0 Å². The number of fused-ring (bicyclic) bond motifs is 2. The first-order chi connectivity index (χ1) is 18.4. The van der Waals surface area contributed by atoms with Gasteiger partial charge in [-0.05, 0) is 30.5 Å². The third-order valence-corrected chi connectivity index (χ3v) is 6.54. The molecule has 1 fully saturated rings. The number of carboxylic acid groups (broad SMARTS) is 2. The highest BCUT2D eigenvalue weighted by Crippen LogP contribution is 2.44. The molecule has 1 saturated heterocycles. The SMILES string of the molecule is COCCC1CN(C2=Nc3cc(F)c(F)cc3Nc3ccc(C(F)(F)F)c([C@H](CC(=O)[O-])C(=O)[O-])c32)CCN1. The van der Waals surface area contributed by atoms with E-state index in [1.807, 2.05) is 0 Å². The molecule has 2 N–H and O–H groups in total. The topological polar surface area (TPSA) is 129 Å². The molecule has 0 aromatic heterocycles. The number of amidine groups is 1. The summed E-state index contributed by atoms with van der Waals surface area (Å²) in [5.74, 6) is -8.95. The van der Waals surface area contributed by atoms with Gasteiger partial charge in [0.15, 0.2) is 11.6 Å². The van der Waals surface area contributed by atoms with Crippen LogP contribution in [0.5, 0.6) is 0 Å². The Kier molecular flexibility index (Phi) is 8.07. The average Bonchev–Trinajstić information content (AvgIpc) is 3.02. The largest absolute Gasteiger partial charge is 0.550 e. The lowest BCUT2D eigenvalue weighted by Gasteiger charge is -2.37. The predicted molar refractivity (Wildman–Crippen MR) is 125 cm³/mol. The lowest BCUT2D eigenvalue weighted by atomic mass is 9.85. The molecule has 0 amide bonds. The third kappa shape index (κ3) is 5.96. The number of piperazine rings is 1. The summed E-state index contributed by atoms with van der Waals surface area (Å²) in [6.45, 7) is 1.11. The zero-order chi connectivity index (χ0) is 28.5. The van der Waals surface area contributed by atoms with Crippen LogP contribution >= 0.6 is 0 Å². The minimum Gasteiger partial charge on any atom is -0.550 e. The Balaban J connectivity index is 2.02. The molecule has 2 aromatic rings. The molecule has 4 rings (SSSR count). The summed E-state index contributed by atoms with van der Waals surface area (Å²) in [4.78, 5) is 29.5. The summed E-state index contributed by atoms with van der Waals surface area (Å²) in [6.07, 6.45) is -5.90. The van der Waals surface area contributed by atoms with Gasteiger partial charge in [-0.2, -0.15) is 13.2 Å². The first-order valence-corrected chi connectivity index (χ1v) is 11.9. The van der Waals surface area contributed by atoms with E-state index in [4.69, 9.17) is 4.74 Å². The molecule has 2 aliphatic rings. The average molecular weight is 554 g/mol. The van der Waals surface area contributed by atoms with Crippen molar-refractivity contribution in [2.24, 2.45) is 4.99 Å². The number of nitrogens with zero attached hydrogens (tertiary/aromatic N) is 2. The number of aliphatic carboxylic acids is 2. The van der Waals surface area contributed by atoms with E-state index in [1.165, 1.54) is 7.11 Å². The minimum absolute atomic E-state index is 0.0909. The van der Waals surface area contributed by atoms with Crippen molar-refractivity contribution in [3.8, 4) is 0 Å². The van der Waals surface area contributed by atoms with Gasteiger partial charge in [-0.25, -0.2) is 13.8 Å². The number of aliphatic imine (C=N–C) groups is 1. The highest BCUT2D eigenvalue weighted by Gasteiger charge is 2.40. The Hall–Kier alpha value is -3.78. The third-order valence-electron chi connectivity index (χ3n) is 6.54. The van der Waals surface area contributed by atoms with Crippen LogP contribution in [0.25, 0.3) is 0 Å². The molecule has 2 aliphatic heterocycles. The van der Waals surface area contributed by atoms with Crippen molar-refractivity contribution in [2.75, 3.05) is 38.7 Å². The minimum atomic E-state index is -5.10. The Labute approximate surface area is 219 Å². The molecule has 2 atom stereocenters. The van der Waals surface area contributed by atoms with Gasteiger partial charge in [0.25, 0.3) is 0 Å². The van der Waals surface area contributed by atoms with Gasteiger partial charge in [0.2, 0.25) is 0 Å². The number of carbonyl (C=O) groups excluding carboxylic acids is 2. The number of nitrogens with one attached hydrogen (secondary N) is 2. The van der Waals surface area contributed by atoms with Gasteiger partial charge < -0.3 is 40.1 Å². The molecule has 1 unspecified atom stereocenters. The lowest BCUT2D eigenvalue weighted by molar-refractivity contribution is -0.317. The second kappa shape index (κ2) is 11.1. The van der Waals surface area contributed by atoms with E-state index in [0.29, 0.717) is 25.6 Å². The van der Waals surface area contributed by atoms with Crippen LogP contribution in [0.3, 0.4) is 0 Å². The number of hydrogen-bond acceptors (Lipinski definition) is 9. The maximum absolute atomic E-state index is 14.2. The molecule has 39 heavy (non-hydrogen) atoms. The Morgan fingerprint density at radius 3 is 2.54 bits per heavy atom. The van der Waals surface area contributed by atoms with Gasteiger partial charge >= 0.3 is 6.18 Å². The van der Waals surface area contributed by atoms with Crippen molar-refractivity contribution in [3.63, 3.8) is 0 Å². The summed E-state index contributed by atoms with van der Waals surface area (Å²) in [5, 5.41) is 29.5.